The second kappa shape index (κ2) is 10.2. The van der Waals surface area contributed by atoms with Crippen molar-refractivity contribution in [2.75, 3.05) is 5.73 Å². The van der Waals surface area contributed by atoms with E-state index in [4.69, 9.17) is 25.7 Å². The number of nitrogen functional groups attached to an aromatic ring is 1. The topological polar surface area (TPSA) is 150 Å². The summed E-state index contributed by atoms with van der Waals surface area (Å²) in [6.07, 6.45) is 6.15. The van der Waals surface area contributed by atoms with Crippen LogP contribution in [0, 0.1) is 17.2 Å². The highest BCUT2D eigenvalue weighted by molar-refractivity contribution is 5.79. The summed E-state index contributed by atoms with van der Waals surface area (Å²) in [4.78, 5) is 18.1. The molecule has 9 nitrogen and oxygen atoms in total. The third-order valence-electron chi connectivity index (χ3n) is 6.37. The number of nitrogens with two attached hydrogens (primary N) is 1. The van der Waals surface area contributed by atoms with Crippen LogP contribution in [0.3, 0.4) is 0 Å². The lowest BCUT2D eigenvalue weighted by Gasteiger charge is -2.26. The van der Waals surface area contributed by atoms with Crippen molar-refractivity contribution in [1.29, 1.82) is 5.26 Å². The van der Waals surface area contributed by atoms with Gasteiger partial charge in [-0.15, -0.1) is 0 Å². The van der Waals surface area contributed by atoms with Gasteiger partial charge in [0.15, 0.2) is 5.65 Å². The zero-order chi connectivity index (χ0) is 24.9. The van der Waals surface area contributed by atoms with Crippen LogP contribution >= 0.6 is 0 Å². The molecule has 178 valence electrons. The number of anilines is 1. The van der Waals surface area contributed by atoms with Gasteiger partial charge in [-0.3, -0.25) is 4.98 Å². The lowest BCUT2D eigenvalue weighted by Crippen LogP contribution is -2.16. The molecule has 0 aliphatic heterocycles. The molecule has 0 saturated heterocycles. The number of nitrogens with zero attached hydrogens (tertiary/aromatic N) is 5. The molecular weight excluding hydrogens is 444 g/mol. The lowest BCUT2D eigenvalue weighted by molar-refractivity contribution is 0.137. The van der Waals surface area contributed by atoms with E-state index >= 15 is 0 Å². The Labute approximate surface area is 202 Å². The molecule has 1 aromatic carbocycles. The number of hydrogen-bond donors (Lipinski definition) is 3. The first-order valence-electron chi connectivity index (χ1n) is 11.4. The smallest absolute Gasteiger partial charge is 0.450 e. The summed E-state index contributed by atoms with van der Waals surface area (Å²) >= 11 is 0. The highest BCUT2D eigenvalue weighted by Gasteiger charge is 2.26. The van der Waals surface area contributed by atoms with E-state index < -0.39 is 6.16 Å². The van der Waals surface area contributed by atoms with Gasteiger partial charge < -0.3 is 15.9 Å². The monoisotopic (exact) mass is 470 g/mol. The summed E-state index contributed by atoms with van der Waals surface area (Å²) in [6.45, 7) is 2.29. The Morgan fingerprint density at radius 2 is 1.74 bits per heavy atom. The van der Waals surface area contributed by atoms with Crippen molar-refractivity contribution in [1.82, 2.24) is 19.6 Å². The number of hydrogen-bond acceptors (Lipinski definition) is 6. The van der Waals surface area contributed by atoms with Gasteiger partial charge in [-0.05, 0) is 24.8 Å². The predicted octanol–water partition coefficient (Wildman–Crippen LogP) is 5.43. The molecule has 5 rings (SSSR count). The Balaban J connectivity index is 0.000000672. The van der Waals surface area contributed by atoms with Crippen LogP contribution in [-0.2, 0) is 0 Å². The molecule has 1 aliphatic carbocycles. The Hall–Kier alpha value is -4.45. The van der Waals surface area contributed by atoms with Crippen LogP contribution in [0.5, 0.6) is 0 Å². The highest BCUT2D eigenvalue weighted by atomic mass is 16.6. The minimum absolute atomic E-state index is 0.263. The first kappa shape index (κ1) is 23.7. The number of rotatable bonds is 3. The van der Waals surface area contributed by atoms with Crippen LogP contribution in [0.1, 0.15) is 49.8 Å². The van der Waals surface area contributed by atoms with Gasteiger partial charge in [0.1, 0.15) is 17.5 Å². The minimum atomic E-state index is -1.83. The van der Waals surface area contributed by atoms with Crippen LogP contribution < -0.4 is 5.73 Å². The molecule has 4 aromatic rings. The van der Waals surface area contributed by atoms with Crippen molar-refractivity contribution in [2.24, 2.45) is 5.92 Å². The zero-order valence-corrected chi connectivity index (χ0v) is 19.3. The predicted molar refractivity (Wildman–Crippen MR) is 132 cm³/mol. The lowest BCUT2D eigenvalue weighted by atomic mass is 9.80. The summed E-state index contributed by atoms with van der Waals surface area (Å²) < 4.78 is 1.58. The molecule has 0 amide bonds. The summed E-state index contributed by atoms with van der Waals surface area (Å²) in [6, 6.07) is 16.4. The number of pyridine rings is 1. The van der Waals surface area contributed by atoms with Crippen LogP contribution in [0.2, 0.25) is 0 Å². The molecule has 9 heteroatoms. The van der Waals surface area contributed by atoms with Crippen molar-refractivity contribution in [2.45, 2.75) is 38.5 Å². The molecule has 35 heavy (non-hydrogen) atoms. The van der Waals surface area contributed by atoms with Crippen LogP contribution in [0.4, 0.5) is 10.6 Å². The van der Waals surface area contributed by atoms with Gasteiger partial charge in [0.2, 0.25) is 0 Å². The van der Waals surface area contributed by atoms with Crippen molar-refractivity contribution in [3.8, 4) is 28.5 Å². The number of aromatic nitrogens is 4. The van der Waals surface area contributed by atoms with Crippen LogP contribution in [-0.4, -0.2) is 36.0 Å². The van der Waals surface area contributed by atoms with Crippen molar-refractivity contribution < 1.29 is 15.0 Å². The van der Waals surface area contributed by atoms with Gasteiger partial charge in [-0.25, -0.2) is 9.78 Å². The fraction of sp³-hybridized carbons (Fsp3) is 0.269. The van der Waals surface area contributed by atoms with E-state index in [0.717, 1.165) is 59.7 Å². The van der Waals surface area contributed by atoms with E-state index in [0.29, 0.717) is 17.0 Å². The summed E-state index contributed by atoms with van der Waals surface area (Å²) in [5, 5.41) is 28.2. The Kier molecular flexibility index (Phi) is 6.92. The molecule has 0 radical (unpaired) electrons. The Morgan fingerprint density at radius 1 is 1.06 bits per heavy atom. The molecule has 0 unspecified atom stereocenters. The number of carbonyl (C=O) groups is 1. The van der Waals surface area contributed by atoms with E-state index in [1.165, 1.54) is 0 Å². The maximum Gasteiger partial charge on any atom is 0.503 e. The number of benzene rings is 1. The third-order valence-corrected chi connectivity index (χ3v) is 6.37. The van der Waals surface area contributed by atoms with Gasteiger partial charge >= 0.3 is 6.16 Å². The summed E-state index contributed by atoms with van der Waals surface area (Å²) in [5.74, 6) is 1.35. The average molecular weight is 471 g/mol. The second-order valence-electron chi connectivity index (χ2n) is 8.70. The molecule has 0 bridgehead atoms. The first-order valence-corrected chi connectivity index (χ1v) is 11.4. The molecule has 1 saturated carbocycles. The van der Waals surface area contributed by atoms with Crippen molar-refractivity contribution in [3.63, 3.8) is 0 Å². The molecule has 4 N–H and O–H groups in total. The van der Waals surface area contributed by atoms with E-state index in [1.54, 1.807) is 10.7 Å². The van der Waals surface area contributed by atoms with Gasteiger partial charge in [0.05, 0.1) is 17.6 Å². The van der Waals surface area contributed by atoms with Gasteiger partial charge in [0.25, 0.3) is 0 Å². The average Bonchev–Trinajstić information content (AvgIpc) is 3.29. The molecule has 1 aliphatic rings. The van der Waals surface area contributed by atoms with Crippen molar-refractivity contribution in [3.05, 3.63) is 66.1 Å². The maximum absolute atomic E-state index is 9.78. The number of nitriles is 1. The maximum atomic E-state index is 9.78. The van der Waals surface area contributed by atoms with E-state index in [2.05, 4.69) is 23.1 Å². The molecule has 3 aromatic heterocycles. The third kappa shape index (κ3) is 5.06. The Bertz CT molecular complexity index is 1360. The summed E-state index contributed by atoms with van der Waals surface area (Å²) in [5.41, 5.74) is 12.1. The van der Waals surface area contributed by atoms with Gasteiger partial charge in [0, 0.05) is 28.8 Å². The molecule has 0 atom stereocenters. The van der Waals surface area contributed by atoms with Crippen LogP contribution in [0.25, 0.3) is 28.0 Å². The quantitative estimate of drug-likeness (QED) is 0.359. The van der Waals surface area contributed by atoms with Gasteiger partial charge in [-0.1, -0.05) is 56.2 Å². The molecule has 0 spiro atoms. The number of fused-ring (bicyclic) bond motifs is 1. The van der Waals surface area contributed by atoms with E-state index in [1.807, 2.05) is 48.7 Å². The zero-order valence-electron chi connectivity index (χ0n) is 19.3. The van der Waals surface area contributed by atoms with E-state index in [9.17, 15) is 5.26 Å². The normalized spacial score (nSPS) is 17.3. The van der Waals surface area contributed by atoms with Crippen LogP contribution in [0.15, 0.2) is 54.9 Å². The first-order chi connectivity index (χ1) is 16.9. The number of carboxylic acid groups (broad SMARTS) is 2. The minimum Gasteiger partial charge on any atom is -0.450 e. The highest BCUT2D eigenvalue weighted by Crippen LogP contribution is 2.38. The largest absolute Gasteiger partial charge is 0.503 e. The fourth-order valence-electron chi connectivity index (χ4n) is 4.51. The molecular formula is C26H26N6O3. The molecule has 1 fully saturated rings. The van der Waals surface area contributed by atoms with E-state index in [-0.39, 0.29) is 5.92 Å². The SMILES string of the molecule is C[C@H]1CC[C@H](c2nc3c(-c4ccc(-c5ccccc5)nc4)cnn3c(N)c2C#N)CC1.O=C(O)O. The summed E-state index contributed by atoms with van der Waals surface area (Å²) in [7, 11) is 0. The molecule has 3 heterocycles. The second-order valence-corrected chi connectivity index (χ2v) is 8.70. The standard InChI is InChI=1S/C25H24N6.CH2O3/c1-16-7-9-18(10-8-16)23-20(13-26)24(27)31-25(30-23)21(15-29-31)19-11-12-22(28-14-19)17-5-3-2-4-6-17;2-1(3)4/h2-6,11-12,14-16,18H,7-10,27H2,1H3;(H2,2,3,4)/t16-,18-;. The Morgan fingerprint density at radius 3 is 2.34 bits per heavy atom. The van der Waals surface area contributed by atoms with Crippen molar-refractivity contribution >= 4 is 17.6 Å². The van der Waals surface area contributed by atoms with Gasteiger partial charge in [-0.2, -0.15) is 14.9 Å². The fourth-order valence-corrected chi connectivity index (χ4v) is 4.51.